The predicted molar refractivity (Wildman–Crippen MR) is 92.9 cm³/mol. The summed E-state index contributed by atoms with van der Waals surface area (Å²) in [5.74, 6) is 1.78. The van der Waals surface area contributed by atoms with E-state index in [4.69, 9.17) is 4.74 Å². The average molecular weight is 312 g/mol. The second kappa shape index (κ2) is 6.05. The van der Waals surface area contributed by atoms with Crippen molar-refractivity contribution in [1.82, 2.24) is 9.97 Å². The van der Waals surface area contributed by atoms with E-state index in [9.17, 15) is 0 Å². The van der Waals surface area contributed by atoms with Crippen molar-refractivity contribution in [2.24, 2.45) is 0 Å². The number of aromatic amines is 1. The van der Waals surface area contributed by atoms with Crippen LogP contribution in [0.25, 0.3) is 10.9 Å². The lowest BCUT2D eigenvalue weighted by molar-refractivity contribution is 0.407. The first-order valence-electron chi connectivity index (χ1n) is 7.31. The quantitative estimate of drug-likeness (QED) is 0.704. The molecule has 3 aromatic rings. The van der Waals surface area contributed by atoms with Crippen molar-refractivity contribution in [3.8, 4) is 5.75 Å². The third-order valence-corrected chi connectivity index (χ3v) is 5.17. The third kappa shape index (κ3) is 2.59. The second-order valence-corrected chi connectivity index (χ2v) is 6.45. The third-order valence-electron chi connectivity index (χ3n) is 3.94. The Balaban J connectivity index is 1.90. The highest BCUT2D eigenvalue weighted by Crippen LogP contribution is 2.35. The van der Waals surface area contributed by atoms with Crippen molar-refractivity contribution in [3.05, 3.63) is 53.0 Å². The topological polar surface area (TPSA) is 37.9 Å². The van der Waals surface area contributed by atoms with Gasteiger partial charge in [-0.15, -0.1) is 11.8 Å². The number of fused-ring (bicyclic) bond motifs is 1. The number of benzene rings is 1. The molecule has 22 heavy (non-hydrogen) atoms. The van der Waals surface area contributed by atoms with E-state index < -0.39 is 0 Å². The van der Waals surface area contributed by atoms with Crippen LogP contribution in [0.5, 0.6) is 5.75 Å². The molecule has 1 aromatic carbocycles. The van der Waals surface area contributed by atoms with Gasteiger partial charge in [0, 0.05) is 44.6 Å². The number of aryl methyl sites for hydroxylation is 2. The highest BCUT2D eigenvalue weighted by Gasteiger charge is 2.13. The maximum atomic E-state index is 5.49. The van der Waals surface area contributed by atoms with Crippen molar-refractivity contribution in [2.45, 2.75) is 31.4 Å². The number of nitrogens with one attached hydrogen (secondary N) is 1. The second-order valence-electron chi connectivity index (χ2n) is 5.46. The van der Waals surface area contributed by atoms with Crippen LogP contribution in [0.15, 0.2) is 35.4 Å². The van der Waals surface area contributed by atoms with Crippen molar-refractivity contribution in [1.29, 1.82) is 0 Å². The minimum atomic E-state index is 0.838. The van der Waals surface area contributed by atoms with E-state index in [2.05, 4.69) is 48.1 Å². The fraction of sp³-hybridized carbons (Fsp3) is 0.278. The van der Waals surface area contributed by atoms with Crippen molar-refractivity contribution >= 4 is 22.7 Å². The molecule has 0 aliphatic carbocycles. The van der Waals surface area contributed by atoms with E-state index >= 15 is 0 Å². The molecule has 3 nitrogen and oxygen atoms in total. The van der Waals surface area contributed by atoms with E-state index in [-0.39, 0.29) is 0 Å². The molecule has 0 aliphatic heterocycles. The van der Waals surface area contributed by atoms with Crippen LogP contribution >= 0.6 is 11.8 Å². The number of hydrogen-bond acceptors (Lipinski definition) is 3. The van der Waals surface area contributed by atoms with Gasteiger partial charge in [-0.3, -0.25) is 4.98 Å². The fourth-order valence-corrected chi connectivity index (χ4v) is 3.97. The molecule has 3 rings (SSSR count). The number of nitrogens with zero attached hydrogens (tertiary/aromatic N) is 1. The maximum absolute atomic E-state index is 5.49. The average Bonchev–Trinajstić information content (AvgIpc) is 2.83. The zero-order valence-electron chi connectivity index (χ0n) is 13.4. The Morgan fingerprint density at radius 2 is 1.95 bits per heavy atom. The molecule has 0 spiro atoms. The lowest BCUT2D eigenvalue weighted by Gasteiger charge is -2.12. The van der Waals surface area contributed by atoms with Gasteiger partial charge in [-0.1, -0.05) is 18.2 Å². The first-order chi connectivity index (χ1) is 10.6. The van der Waals surface area contributed by atoms with Gasteiger partial charge in [0.25, 0.3) is 0 Å². The Bertz CT molecular complexity index is 823. The molecule has 0 radical (unpaired) electrons. The molecule has 2 aromatic heterocycles. The number of para-hydroxylation sites is 1. The smallest absolute Gasteiger partial charge is 0.128 e. The molecular weight excluding hydrogens is 292 g/mol. The first kappa shape index (κ1) is 15.0. The van der Waals surface area contributed by atoms with Gasteiger partial charge < -0.3 is 9.72 Å². The van der Waals surface area contributed by atoms with E-state index in [1.165, 1.54) is 21.5 Å². The van der Waals surface area contributed by atoms with E-state index in [1.807, 2.05) is 24.9 Å². The number of aromatic nitrogens is 2. The van der Waals surface area contributed by atoms with Crippen LogP contribution in [-0.2, 0) is 5.75 Å². The number of ether oxygens (including phenoxy) is 1. The van der Waals surface area contributed by atoms with E-state index in [0.29, 0.717) is 0 Å². The molecule has 0 saturated carbocycles. The van der Waals surface area contributed by atoms with Crippen LogP contribution in [0.1, 0.15) is 22.5 Å². The summed E-state index contributed by atoms with van der Waals surface area (Å²) in [6, 6.07) is 8.42. The molecule has 0 saturated heterocycles. The van der Waals surface area contributed by atoms with Crippen LogP contribution in [0.2, 0.25) is 0 Å². The van der Waals surface area contributed by atoms with Gasteiger partial charge in [-0.2, -0.15) is 0 Å². The van der Waals surface area contributed by atoms with Crippen LogP contribution in [0.3, 0.4) is 0 Å². The molecule has 0 atom stereocenters. The van der Waals surface area contributed by atoms with E-state index in [0.717, 1.165) is 28.3 Å². The van der Waals surface area contributed by atoms with Crippen LogP contribution in [-0.4, -0.2) is 17.1 Å². The van der Waals surface area contributed by atoms with Crippen molar-refractivity contribution < 1.29 is 4.74 Å². The Kier molecular flexibility index (Phi) is 4.12. The molecule has 0 fully saturated rings. The van der Waals surface area contributed by atoms with Gasteiger partial charge in [0.15, 0.2) is 0 Å². The molecule has 1 N–H and O–H groups in total. The van der Waals surface area contributed by atoms with Gasteiger partial charge in [0.1, 0.15) is 5.75 Å². The Labute approximate surface area is 135 Å². The summed E-state index contributed by atoms with van der Waals surface area (Å²) in [5.41, 5.74) is 5.69. The SMILES string of the molecule is COc1c(C)cnc(CSc2c(C)[nH]c3ccccc23)c1C. The zero-order valence-corrected chi connectivity index (χ0v) is 14.2. The predicted octanol–water partition coefficient (Wildman–Crippen LogP) is 4.79. The summed E-state index contributed by atoms with van der Waals surface area (Å²) in [4.78, 5) is 9.33. The fourth-order valence-electron chi connectivity index (χ4n) is 2.79. The molecule has 114 valence electrons. The largest absolute Gasteiger partial charge is 0.496 e. The zero-order chi connectivity index (χ0) is 15.7. The van der Waals surface area contributed by atoms with Crippen LogP contribution < -0.4 is 4.74 Å². The normalized spacial score (nSPS) is 11.1. The van der Waals surface area contributed by atoms with Gasteiger partial charge in [-0.25, -0.2) is 0 Å². The molecule has 0 aliphatic rings. The number of H-pyrrole nitrogens is 1. The number of rotatable bonds is 4. The van der Waals surface area contributed by atoms with Crippen LogP contribution in [0.4, 0.5) is 0 Å². The monoisotopic (exact) mass is 312 g/mol. The summed E-state index contributed by atoms with van der Waals surface area (Å²) in [7, 11) is 1.72. The molecule has 2 heterocycles. The minimum Gasteiger partial charge on any atom is -0.496 e. The molecular formula is C18H20N2OS. The van der Waals surface area contributed by atoms with Crippen molar-refractivity contribution in [2.75, 3.05) is 7.11 Å². The highest BCUT2D eigenvalue weighted by atomic mass is 32.2. The Morgan fingerprint density at radius 3 is 2.73 bits per heavy atom. The number of pyridine rings is 1. The highest BCUT2D eigenvalue weighted by molar-refractivity contribution is 7.98. The lowest BCUT2D eigenvalue weighted by atomic mass is 10.1. The van der Waals surface area contributed by atoms with Crippen molar-refractivity contribution in [3.63, 3.8) is 0 Å². The van der Waals surface area contributed by atoms with Gasteiger partial charge in [-0.05, 0) is 26.8 Å². The molecule has 4 heteroatoms. The first-order valence-corrected chi connectivity index (χ1v) is 8.29. The van der Waals surface area contributed by atoms with Gasteiger partial charge in [0.2, 0.25) is 0 Å². The molecule has 0 amide bonds. The standard InChI is InChI=1S/C18H20N2OS/c1-11-9-19-16(12(2)17(11)21-4)10-22-18-13(3)20-15-8-6-5-7-14(15)18/h5-9,20H,10H2,1-4H3. The molecule has 0 bridgehead atoms. The van der Waals surface area contributed by atoms with Gasteiger partial charge >= 0.3 is 0 Å². The summed E-state index contributed by atoms with van der Waals surface area (Å²) in [6.07, 6.45) is 1.89. The Hall–Kier alpha value is -1.94. The summed E-state index contributed by atoms with van der Waals surface area (Å²) >= 11 is 1.83. The Morgan fingerprint density at radius 1 is 1.18 bits per heavy atom. The van der Waals surface area contributed by atoms with E-state index in [1.54, 1.807) is 7.11 Å². The maximum Gasteiger partial charge on any atom is 0.128 e. The summed E-state index contributed by atoms with van der Waals surface area (Å²) < 4.78 is 5.49. The summed E-state index contributed by atoms with van der Waals surface area (Å²) in [5, 5.41) is 1.28. The molecule has 0 unspecified atom stereocenters. The number of hydrogen-bond donors (Lipinski definition) is 1. The lowest BCUT2D eigenvalue weighted by Crippen LogP contribution is -1.98. The minimum absolute atomic E-state index is 0.838. The van der Waals surface area contributed by atoms with Crippen LogP contribution in [0, 0.1) is 20.8 Å². The summed E-state index contributed by atoms with van der Waals surface area (Å²) in [6.45, 7) is 6.23. The number of thioether (sulfide) groups is 1. The number of methoxy groups -OCH3 is 1. The van der Waals surface area contributed by atoms with Gasteiger partial charge in [0.05, 0.1) is 12.8 Å².